The molecule has 1 N–H and O–H groups in total. The zero-order chi connectivity index (χ0) is 15.7. The van der Waals surface area contributed by atoms with Crippen LogP contribution >= 0.6 is 0 Å². The molecular weight excluding hydrogens is 282 g/mol. The van der Waals surface area contributed by atoms with E-state index in [1.54, 1.807) is 6.07 Å². The average Bonchev–Trinajstić information content (AvgIpc) is 2.54. The van der Waals surface area contributed by atoms with Gasteiger partial charge < -0.3 is 14.8 Å². The third-order valence-electron chi connectivity index (χ3n) is 3.88. The van der Waals surface area contributed by atoms with Crippen LogP contribution in [0.3, 0.4) is 0 Å². The third-order valence-corrected chi connectivity index (χ3v) is 3.88. The molecule has 0 spiro atoms. The summed E-state index contributed by atoms with van der Waals surface area (Å²) < 4.78 is 0. The summed E-state index contributed by atoms with van der Waals surface area (Å²) in [5, 5.41) is 0. The summed E-state index contributed by atoms with van der Waals surface area (Å²) in [6.07, 6.45) is 1.38. The fraction of sp³-hybridized carbons (Fsp3) is 0.467. The lowest BCUT2D eigenvalue weighted by molar-refractivity contribution is -0.134. The highest BCUT2D eigenvalue weighted by Gasteiger charge is 2.23. The Kier molecular flexibility index (Phi) is 3.79. The minimum atomic E-state index is -0.236. The minimum absolute atomic E-state index is 0.0231. The molecule has 1 aliphatic heterocycles. The molecule has 7 nitrogen and oxygen atoms in total. The van der Waals surface area contributed by atoms with Crippen molar-refractivity contribution in [2.45, 2.75) is 13.8 Å². The number of pyridine rings is 1. The van der Waals surface area contributed by atoms with Crippen molar-refractivity contribution in [2.75, 3.05) is 31.1 Å². The van der Waals surface area contributed by atoms with Gasteiger partial charge in [-0.3, -0.25) is 9.59 Å². The van der Waals surface area contributed by atoms with Crippen molar-refractivity contribution in [3.05, 3.63) is 28.8 Å². The maximum Gasteiger partial charge on any atom is 0.277 e. The topological polar surface area (TPSA) is 82.2 Å². The molecule has 1 amide bonds. The van der Waals surface area contributed by atoms with Crippen LogP contribution in [0.5, 0.6) is 0 Å². The summed E-state index contributed by atoms with van der Waals surface area (Å²) in [7, 11) is 0. The quantitative estimate of drug-likeness (QED) is 0.879. The Hall–Kier alpha value is -2.44. The largest absolute Gasteiger partial charge is 0.353 e. The highest BCUT2D eigenvalue weighted by molar-refractivity contribution is 5.78. The number of hydrogen-bond donors (Lipinski definition) is 1. The van der Waals surface area contributed by atoms with Crippen molar-refractivity contribution in [3.63, 3.8) is 0 Å². The highest BCUT2D eigenvalue weighted by Crippen LogP contribution is 2.17. The standard InChI is InChI=1S/C15H19N5O2/c1-10(2)15(22)20-7-5-19(6-8-20)12-4-3-11-13(18-12)14(21)17-9-16-11/h3-4,9-10H,5-8H2,1-2H3,(H,16,17,21). The van der Waals surface area contributed by atoms with E-state index in [4.69, 9.17) is 0 Å². The molecule has 7 heteroatoms. The Morgan fingerprint density at radius 2 is 1.95 bits per heavy atom. The van der Waals surface area contributed by atoms with Crippen LogP contribution < -0.4 is 10.5 Å². The monoisotopic (exact) mass is 301 g/mol. The van der Waals surface area contributed by atoms with Gasteiger partial charge in [0.2, 0.25) is 5.91 Å². The first kappa shape index (κ1) is 14.5. The van der Waals surface area contributed by atoms with Gasteiger partial charge in [0, 0.05) is 32.1 Å². The van der Waals surface area contributed by atoms with E-state index in [-0.39, 0.29) is 17.4 Å². The number of piperazine rings is 1. The molecule has 3 heterocycles. The predicted molar refractivity (Wildman–Crippen MR) is 83.8 cm³/mol. The maximum absolute atomic E-state index is 12.0. The Labute approximate surface area is 128 Å². The summed E-state index contributed by atoms with van der Waals surface area (Å²) in [6, 6.07) is 3.67. The molecule has 2 aromatic rings. The highest BCUT2D eigenvalue weighted by atomic mass is 16.2. The minimum Gasteiger partial charge on any atom is -0.353 e. The SMILES string of the molecule is CC(C)C(=O)N1CCN(c2ccc3nc[nH]c(=O)c3n2)CC1. The number of anilines is 1. The Morgan fingerprint density at radius 1 is 1.23 bits per heavy atom. The Morgan fingerprint density at radius 3 is 2.64 bits per heavy atom. The number of amides is 1. The van der Waals surface area contributed by atoms with E-state index in [0.29, 0.717) is 24.1 Å². The van der Waals surface area contributed by atoms with E-state index < -0.39 is 0 Å². The van der Waals surface area contributed by atoms with Crippen LogP contribution in [-0.4, -0.2) is 51.9 Å². The number of rotatable bonds is 2. The smallest absolute Gasteiger partial charge is 0.277 e. The number of aromatic amines is 1. The van der Waals surface area contributed by atoms with E-state index in [1.807, 2.05) is 24.8 Å². The van der Waals surface area contributed by atoms with Crippen molar-refractivity contribution in [3.8, 4) is 0 Å². The van der Waals surface area contributed by atoms with E-state index in [1.165, 1.54) is 6.33 Å². The molecule has 1 fully saturated rings. The second-order valence-electron chi connectivity index (χ2n) is 5.74. The van der Waals surface area contributed by atoms with Gasteiger partial charge in [0.25, 0.3) is 5.56 Å². The summed E-state index contributed by atoms with van der Waals surface area (Å²) in [4.78, 5) is 38.8. The van der Waals surface area contributed by atoms with Crippen molar-refractivity contribution in [1.29, 1.82) is 0 Å². The van der Waals surface area contributed by atoms with E-state index >= 15 is 0 Å². The van der Waals surface area contributed by atoms with E-state index in [9.17, 15) is 9.59 Å². The van der Waals surface area contributed by atoms with Gasteiger partial charge in [-0.1, -0.05) is 13.8 Å². The first-order valence-corrected chi connectivity index (χ1v) is 7.44. The molecule has 0 radical (unpaired) electrons. The lowest BCUT2D eigenvalue weighted by Crippen LogP contribution is -2.50. The molecule has 0 saturated carbocycles. The summed E-state index contributed by atoms with van der Waals surface area (Å²) in [5.74, 6) is 0.962. The van der Waals surface area contributed by atoms with Crippen LogP contribution in [0.1, 0.15) is 13.8 Å². The number of nitrogens with zero attached hydrogens (tertiary/aromatic N) is 4. The van der Waals surface area contributed by atoms with Crippen LogP contribution in [-0.2, 0) is 4.79 Å². The van der Waals surface area contributed by atoms with Gasteiger partial charge in [-0.2, -0.15) is 0 Å². The zero-order valence-corrected chi connectivity index (χ0v) is 12.7. The molecule has 0 atom stereocenters. The molecule has 2 aromatic heterocycles. The lowest BCUT2D eigenvalue weighted by Gasteiger charge is -2.36. The first-order chi connectivity index (χ1) is 10.6. The number of fused-ring (bicyclic) bond motifs is 1. The van der Waals surface area contributed by atoms with Gasteiger partial charge in [0.1, 0.15) is 5.82 Å². The molecule has 0 unspecified atom stereocenters. The van der Waals surface area contributed by atoms with Gasteiger partial charge in [-0.25, -0.2) is 9.97 Å². The molecule has 3 rings (SSSR count). The molecule has 116 valence electrons. The molecule has 0 aromatic carbocycles. The van der Waals surface area contributed by atoms with E-state index in [2.05, 4.69) is 19.9 Å². The maximum atomic E-state index is 12.0. The summed E-state index contributed by atoms with van der Waals surface area (Å²) >= 11 is 0. The Bertz CT molecular complexity index is 747. The summed E-state index contributed by atoms with van der Waals surface area (Å²) in [6.45, 7) is 6.63. The molecular formula is C15H19N5O2. The van der Waals surface area contributed by atoms with Gasteiger partial charge in [0.15, 0.2) is 5.52 Å². The van der Waals surface area contributed by atoms with Crippen LogP contribution in [0.15, 0.2) is 23.3 Å². The van der Waals surface area contributed by atoms with E-state index in [0.717, 1.165) is 18.9 Å². The normalized spacial score (nSPS) is 15.6. The van der Waals surface area contributed by atoms with Crippen LogP contribution in [0.2, 0.25) is 0 Å². The number of H-pyrrole nitrogens is 1. The van der Waals surface area contributed by atoms with Gasteiger partial charge in [0.05, 0.1) is 11.8 Å². The number of hydrogen-bond acceptors (Lipinski definition) is 5. The van der Waals surface area contributed by atoms with Crippen LogP contribution in [0.25, 0.3) is 11.0 Å². The second kappa shape index (κ2) is 5.75. The fourth-order valence-electron chi connectivity index (χ4n) is 2.64. The predicted octanol–water partition coefficient (Wildman–Crippen LogP) is 0.623. The third kappa shape index (κ3) is 2.66. The summed E-state index contributed by atoms with van der Waals surface area (Å²) in [5.41, 5.74) is 0.697. The lowest BCUT2D eigenvalue weighted by atomic mass is 10.1. The van der Waals surface area contributed by atoms with Crippen LogP contribution in [0.4, 0.5) is 5.82 Å². The molecule has 0 bridgehead atoms. The molecule has 22 heavy (non-hydrogen) atoms. The molecule has 0 aliphatic carbocycles. The number of nitrogens with one attached hydrogen (secondary N) is 1. The second-order valence-corrected chi connectivity index (χ2v) is 5.74. The zero-order valence-electron chi connectivity index (χ0n) is 12.7. The average molecular weight is 301 g/mol. The number of carbonyl (C=O) groups is 1. The van der Waals surface area contributed by atoms with Crippen molar-refractivity contribution in [1.82, 2.24) is 19.9 Å². The molecule has 1 aliphatic rings. The van der Waals surface area contributed by atoms with Crippen molar-refractivity contribution < 1.29 is 4.79 Å². The van der Waals surface area contributed by atoms with Crippen molar-refractivity contribution >= 4 is 22.8 Å². The van der Waals surface area contributed by atoms with Gasteiger partial charge in [-0.05, 0) is 12.1 Å². The number of aromatic nitrogens is 3. The Balaban J connectivity index is 1.78. The van der Waals surface area contributed by atoms with Crippen molar-refractivity contribution in [2.24, 2.45) is 5.92 Å². The van der Waals surface area contributed by atoms with Gasteiger partial charge >= 0.3 is 0 Å². The number of carbonyl (C=O) groups excluding carboxylic acids is 1. The van der Waals surface area contributed by atoms with Crippen LogP contribution in [0, 0.1) is 5.92 Å². The molecule has 1 saturated heterocycles. The fourth-order valence-corrected chi connectivity index (χ4v) is 2.64. The first-order valence-electron chi connectivity index (χ1n) is 7.44. The van der Waals surface area contributed by atoms with Gasteiger partial charge in [-0.15, -0.1) is 0 Å².